The first-order valence-electron chi connectivity index (χ1n) is 8.81. The third kappa shape index (κ3) is 3.85. The first kappa shape index (κ1) is 17.9. The number of hydrogen-bond donors (Lipinski definition) is 4. The highest BCUT2D eigenvalue weighted by atomic mass is 16.2. The molecule has 1 aliphatic heterocycles. The van der Waals surface area contributed by atoms with E-state index in [4.69, 9.17) is 0 Å². The molecule has 3 amide bonds. The summed E-state index contributed by atoms with van der Waals surface area (Å²) in [6.45, 7) is 3.91. The molecule has 0 aliphatic carbocycles. The lowest BCUT2D eigenvalue weighted by Gasteiger charge is -2.36. The summed E-state index contributed by atoms with van der Waals surface area (Å²) < 4.78 is 1.75. The highest BCUT2D eigenvalue weighted by Crippen LogP contribution is 2.29. The van der Waals surface area contributed by atoms with Gasteiger partial charge in [-0.1, -0.05) is 6.07 Å². The van der Waals surface area contributed by atoms with Gasteiger partial charge in [-0.2, -0.15) is 5.10 Å². The second-order valence-corrected chi connectivity index (χ2v) is 6.25. The van der Waals surface area contributed by atoms with Crippen LogP contribution in [0.3, 0.4) is 0 Å². The third-order valence-corrected chi connectivity index (χ3v) is 4.51. The quantitative estimate of drug-likeness (QED) is 0.656. The molecular weight excluding hydrogens is 332 g/mol. The van der Waals surface area contributed by atoms with Crippen molar-refractivity contribution in [3.05, 3.63) is 42.7 Å². The maximum atomic E-state index is 13.1. The van der Waals surface area contributed by atoms with E-state index in [0.29, 0.717) is 30.8 Å². The number of carbonyl (C=O) groups is 2. The minimum Gasteiger partial charge on any atom is -0.338 e. The minimum atomic E-state index is -0.711. The summed E-state index contributed by atoms with van der Waals surface area (Å²) >= 11 is 0. The summed E-state index contributed by atoms with van der Waals surface area (Å²) in [5.74, 6) is -0.0992. The first-order chi connectivity index (χ1) is 12.6. The molecule has 0 radical (unpaired) electrons. The molecule has 138 valence electrons. The topological polar surface area (TPSA) is 100 Å². The van der Waals surface area contributed by atoms with Crippen molar-refractivity contribution in [2.75, 3.05) is 30.3 Å². The Bertz CT molecular complexity index is 753. The van der Waals surface area contributed by atoms with Crippen LogP contribution in [-0.2, 0) is 10.3 Å². The molecule has 0 atom stereocenters. The summed E-state index contributed by atoms with van der Waals surface area (Å²) in [5, 5.41) is 16.0. The highest BCUT2D eigenvalue weighted by Gasteiger charge is 2.42. The Kier molecular flexibility index (Phi) is 5.52. The van der Waals surface area contributed by atoms with Gasteiger partial charge in [0.25, 0.3) is 5.91 Å². The zero-order chi connectivity index (χ0) is 18.4. The Morgan fingerprint density at radius 3 is 2.58 bits per heavy atom. The van der Waals surface area contributed by atoms with Gasteiger partial charge < -0.3 is 21.3 Å². The lowest BCUT2D eigenvalue weighted by Crippen LogP contribution is -2.52. The van der Waals surface area contributed by atoms with Crippen LogP contribution < -0.4 is 21.3 Å². The maximum absolute atomic E-state index is 13.1. The Morgan fingerprint density at radius 2 is 1.92 bits per heavy atom. The summed E-state index contributed by atoms with van der Waals surface area (Å²) in [6.07, 6.45) is 4.85. The van der Waals surface area contributed by atoms with Gasteiger partial charge in [-0.05, 0) is 57.1 Å². The van der Waals surface area contributed by atoms with Crippen molar-refractivity contribution in [1.82, 2.24) is 20.4 Å². The Hall–Kier alpha value is -2.87. The van der Waals surface area contributed by atoms with Gasteiger partial charge in [-0.25, -0.2) is 4.79 Å². The fourth-order valence-electron chi connectivity index (χ4n) is 3.18. The molecule has 1 aromatic heterocycles. The number of nitrogens with zero attached hydrogens (tertiary/aromatic N) is 2. The van der Waals surface area contributed by atoms with Crippen LogP contribution >= 0.6 is 0 Å². The van der Waals surface area contributed by atoms with Crippen molar-refractivity contribution >= 4 is 23.3 Å². The summed E-state index contributed by atoms with van der Waals surface area (Å²) in [7, 11) is 0. The number of rotatable bonds is 5. The van der Waals surface area contributed by atoms with Gasteiger partial charge in [0.05, 0.1) is 0 Å². The summed E-state index contributed by atoms with van der Waals surface area (Å²) in [5.41, 5.74) is 0.541. The van der Waals surface area contributed by atoms with Crippen LogP contribution in [0.5, 0.6) is 0 Å². The van der Waals surface area contributed by atoms with Crippen LogP contribution in [-0.4, -0.2) is 41.4 Å². The van der Waals surface area contributed by atoms with Crippen LogP contribution in [0.25, 0.3) is 0 Å². The number of carbonyl (C=O) groups excluding carboxylic acids is 2. The molecule has 1 aliphatic rings. The lowest BCUT2D eigenvalue weighted by atomic mass is 9.87. The monoisotopic (exact) mass is 356 g/mol. The molecule has 0 spiro atoms. The molecule has 1 saturated heterocycles. The van der Waals surface area contributed by atoms with Gasteiger partial charge in [0.2, 0.25) is 0 Å². The van der Waals surface area contributed by atoms with E-state index in [2.05, 4.69) is 26.4 Å². The highest BCUT2D eigenvalue weighted by molar-refractivity contribution is 5.97. The van der Waals surface area contributed by atoms with E-state index in [-0.39, 0.29) is 11.9 Å². The molecule has 1 fully saturated rings. The molecule has 3 rings (SSSR count). The molecule has 4 N–H and O–H groups in total. The number of piperidine rings is 1. The number of hydrogen-bond acceptors (Lipinski definition) is 4. The minimum absolute atomic E-state index is 0.0992. The van der Waals surface area contributed by atoms with Gasteiger partial charge in [0.1, 0.15) is 5.54 Å². The SMILES string of the molecule is CCNC(=O)Nc1cccc(NC(=O)C2(n3cccn3)CCNCC2)c1. The molecule has 0 unspecified atom stereocenters. The molecular formula is C18H24N6O2. The van der Waals surface area contributed by atoms with E-state index in [0.717, 1.165) is 13.1 Å². The Labute approximate surface area is 152 Å². The summed E-state index contributed by atoms with van der Waals surface area (Å²) in [6, 6.07) is 8.67. The molecule has 26 heavy (non-hydrogen) atoms. The molecule has 8 heteroatoms. The van der Waals surface area contributed by atoms with Crippen molar-refractivity contribution in [3.8, 4) is 0 Å². The van der Waals surface area contributed by atoms with Gasteiger partial charge in [0.15, 0.2) is 0 Å². The predicted molar refractivity (Wildman–Crippen MR) is 100 cm³/mol. The van der Waals surface area contributed by atoms with Crippen LogP contribution in [0.15, 0.2) is 42.7 Å². The lowest BCUT2D eigenvalue weighted by molar-refractivity contribution is -0.126. The van der Waals surface area contributed by atoms with Gasteiger partial charge >= 0.3 is 6.03 Å². The molecule has 2 heterocycles. The zero-order valence-electron chi connectivity index (χ0n) is 14.8. The van der Waals surface area contributed by atoms with E-state index in [9.17, 15) is 9.59 Å². The number of amides is 3. The number of anilines is 2. The number of benzene rings is 1. The normalized spacial score (nSPS) is 15.9. The number of urea groups is 1. The van der Waals surface area contributed by atoms with Crippen LogP contribution in [0, 0.1) is 0 Å². The Morgan fingerprint density at radius 1 is 1.19 bits per heavy atom. The van der Waals surface area contributed by atoms with Crippen molar-refractivity contribution in [2.24, 2.45) is 0 Å². The third-order valence-electron chi connectivity index (χ3n) is 4.51. The predicted octanol–water partition coefficient (Wildman–Crippen LogP) is 1.74. The molecule has 0 bridgehead atoms. The van der Waals surface area contributed by atoms with E-state index in [1.54, 1.807) is 35.1 Å². The van der Waals surface area contributed by atoms with E-state index < -0.39 is 5.54 Å². The smallest absolute Gasteiger partial charge is 0.319 e. The molecule has 2 aromatic rings. The van der Waals surface area contributed by atoms with E-state index >= 15 is 0 Å². The van der Waals surface area contributed by atoms with Crippen LogP contribution in [0.4, 0.5) is 16.2 Å². The maximum Gasteiger partial charge on any atom is 0.319 e. The molecule has 1 aromatic carbocycles. The van der Waals surface area contributed by atoms with Crippen molar-refractivity contribution in [2.45, 2.75) is 25.3 Å². The van der Waals surface area contributed by atoms with Crippen molar-refractivity contribution < 1.29 is 9.59 Å². The zero-order valence-corrected chi connectivity index (χ0v) is 14.8. The summed E-state index contributed by atoms with van der Waals surface area (Å²) in [4.78, 5) is 24.8. The average Bonchev–Trinajstić information content (AvgIpc) is 3.18. The number of aromatic nitrogens is 2. The van der Waals surface area contributed by atoms with Gasteiger partial charge in [-0.15, -0.1) is 0 Å². The van der Waals surface area contributed by atoms with Crippen LogP contribution in [0.1, 0.15) is 19.8 Å². The second-order valence-electron chi connectivity index (χ2n) is 6.25. The van der Waals surface area contributed by atoms with Gasteiger partial charge in [0, 0.05) is 30.3 Å². The molecule has 0 saturated carbocycles. The van der Waals surface area contributed by atoms with Crippen LogP contribution in [0.2, 0.25) is 0 Å². The van der Waals surface area contributed by atoms with Gasteiger partial charge in [-0.3, -0.25) is 9.48 Å². The van der Waals surface area contributed by atoms with Crippen molar-refractivity contribution in [1.29, 1.82) is 0 Å². The number of nitrogens with one attached hydrogen (secondary N) is 4. The standard InChI is InChI=1S/C18H24N6O2/c1-2-20-17(26)23-15-6-3-5-14(13-15)22-16(25)18(7-10-19-11-8-18)24-12-4-9-21-24/h3-6,9,12-13,19H,2,7-8,10-11H2,1H3,(H,22,25)(H2,20,23,26). The fourth-order valence-corrected chi connectivity index (χ4v) is 3.18. The van der Waals surface area contributed by atoms with E-state index in [1.807, 2.05) is 19.2 Å². The van der Waals surface area contributed by atoms with Crippen molar-refractivity contribution in [3.63, 3.8) is 0 Å². The average molecular weight is 356 g/mol. The molecule has 8 nitrogen and oxygen atoms in total. The largest absolute Gasteiger partial charge is 0.338 e. The van der Waals surface area contributed by atoms with E-state index in [1.165, 1.54) is 0 Å². The second kappa shape index (κ2) is 8.01. The first-order valence-corrected chi connectivity index (χ1v) is 8.81. The fraction of sp³-hybridized carbons (Fsp3) is 0.389. The Balaban J connectivity index is 1.77.